The Bertz CT molecular complexity index is 995. The van der Waals surface area contributed by atoms with E-state index in [1.165, 1.54) is 6.08 Å². The zero-order valence-electron chi connectivity index (χ0n) is 14.7. The fourth-order valence-corrected chi connectivity index (χ4v) is 2.67. The first-order valence-electron chi connectivity index (χ1n) is 8.30. The van der Waals surface area contributed by atoms with Gasteiger partial charge in [-0.05, 0) is 35.4 Å². The smallest absolute Gasteiger partial charge is 0.267 e. The van der Waals surface area contributed by atoms with Gasteiger partial charge in [0.1, 0.15) is 5.82 Å². The van der Waals surface area contributed by atoms with Crippen molar-refractivity contribution in [3.63, 3.8) is 0 Å². The van der Waals surface area contributed by atoms with E-state index in [1.54, 1.807) is 30.0 Å². The highest BCUT2D eigenvalue weighted by molar-refractivity contribution is 5.91. The molecule has 3 N–H and O–H groups in total. The molecule has 0 bridgehead atoms. The highest BCUT2D eigenvalue weighted by Crippen LogP contribution is 2.17. The number of pyridine rings is 1. The van der Waals surface area contributed by atoms with Crippen LogP contribution in [0, 0.1) is 0 Å². The Hall–Kier alpha value is -3.52. The van der Waals surface area contributed by atoms with Gasteiger partial charge in [0, 0.05) is 25.5 Å². The third kappa shape index (κ3) is 4.56. The van der Waals surface area contributed by atoms with Crippen molar-refractivity contribution in [2.45, 2.75) is 13.0 Å². The molecule has 0 saturated carbocycles. The summed E-state index contributed by atoms with van der Waals surface area (Å²) >= 11 is 0. The Morgan fingerprint density at radius 2 is 2.15 bits per heavy atom. The number of imidazole rings is 1. The van der Waals surface area contributed by atoms with Gasteiger partial charge < -0.3 is 9.88 Å². The predicted octanol–water partition coefficient (Wildman–Crippen LogP) is 1.35. The van der Waals surface area contributed by atoms with Crippen molar-refractivity contribution in [2.75, 3.05) is 0 Å². The van der Waals surface area contributed by atoms with Gasteiger partial charge in [0.15, 0.2) is 0 Å². The van der Waals surface area contributed by atoms with Gasteiger partial charge in [0.2, 0.25) is 5.91 Å². The summed E-state index contributed by atoms with van der Waals surface area (Å²) in [7, 11) is 1.88. The Morgan fingerprint density at radius 1 is 1.30 bits per heavy atom. The summed E-state index contributed by atoms with van der Waals surface area (Å²) in [5, 5.41) is 11.4. The first kappa shape index (κ1) is 18.3. The van der Waals surface area contributed by atoms with Gasteiger partial charge in [-0.1, -0.05) is 12.1 Å². The molecule has 2 aromatic heterocycles. The minimum atomic E-state index is -0.604. The molecular formula is C19H19N5O3. The van der Waals surface area contributed by atoms with Gasteiger partial charge >= 0.3 is 0 Å². The zero-order valence-corrected chi connectivity index (χ0v) is 14.7. The molecule has 2 amide bonds. The number of benzene rings is 1. The Morgan fingerprint density at radius 3 is 2.89 bits per heavy atom. The SMILES string of the molecule is Cn1c(CNC(=O)Cc2cccnc2)nc2cc(/C=C/C(=O)NO)ccc21. The summed E-state index contributed by atoms with van der Waals surface area (Å²) in [6.07, 6.45) is 6.40. The van der Waals surface area contributed by atoms with Crippen molar-refractivity contribution in [3.05, 3.63) is 65.8 Å². The van der Waals surface area contributed by atoms with Crippen LogP contribution in [0.2, 0.25) is 0 Å². The molecule has 0 radical (unpaired) electrons. The van der Waals surface area contributed by atoms with Gasteiger partial charge in [-0.2, -0.15) is 0 Å². The molecule has 0 atom stereocenters. The van der Waals surface area contributed by atoms with Crippen LogP contribution >= 0.6 is 0 Å². The second-order valence-electron chi connectivity index (χ2n) is 5.96. The van der Waals surface area contributed by atoms with Gasteiger partial charge in [-0.25, -0.2) is 10.5 Å². The number of carbonyl (C=O) groups is 2. The van der Waals surface area contributed by atoms with Crippen LogP contribution in [0.4, 0.5) is 0 Å². The summed E-state index contributed by atoms with van der Waals surface area (Å²) < 4.78 is 1.91. The quantitative estimate of drug-likeness (QED) is 0.347. The van der Waals surface area contributed by atoms with Gasteiger partial charge in [-0.15, -0.1) is 0 Å². The highest BCUT2D eigenvalue weighted by atomic mass is 16.5. The molecule has 0 aliphatic carbocycles. The Labute approximate surface area is 155 Å². The fourth-order valence-electron chi connectivity index (χ4n) is 2.67. The number of aryl methyl sites for hydroxylation is 1. The van der Waals surface area contributed by atoms with Crippen LogP contribution in [0.25, 0.3) is 17.1 Å². The molecule has 3 aromatic rings. The molecular weight excluding hydrogens is 346 g/mol. The standard InChI is InChI=1S/C19H19N5O3/c1-24-16-6-4-13(5-7-18(25)23-27)9-15(16)22-17(24)12-21-19(26)10-14-3-2-8-20-11-14/h2-9,11,27H,10,12H2,1H3,(H,21,26)(H,23,25)/b7-5+. The molecule has 0 aliphatic heterocycles. The maximum absolute atomic E-state index is 12.1. The number of carbonyl (C=O) groups excluding carboxylic acids is 2. The number of hydrogen-bond donors (Lipinski definition) is 3. The second-order valence-corrected chi connectivity index (χ2v) is 5.96. The minimum Gasteiger partial charge on any atom is -0.349 e. The number of amides is 2. The molecule has 8 nitrogen and oxygen atoms in total. The van der Waals surface area contributed by atoms with Crippen molar-refractivity contribution in [2.24, 2.45) is 7.05 Å². The average Bonchev–Trinajstić information content (AvgIpc) is 3.00. The van der Waals surface area contributed by atoms with Gasteiger partial charge in [0.05, 0.1) is 24.0 Å². The molecule has 0 spiro atoms. The maximum Gasteiger partial charge on any atom is 0.267 e. The number of nitrogens with one attached hydrogen (secondary N) is 2. The van der Waals surface area contributed by atoms with Crippen LogP contribution in [-0.2, 0) is 29.6 Å². The van der Waals surface area contributed by atoms with Gasteiger partial charge in [0.25, 0.3) is 5.91 Å². The summed E-state index contributed by atoms with van der Waals surface area (Å²) in [6.45, 7) is 0.308. The first-order chi connectivity index (χ1) is 13.1. The number of hydrogen-bond acceptors (Lipinski definition) is 5. The minimum absolute atomic E-state index is 0.103. The van der Waals surface area contributed by atoms with Crippen LogP contribution in [0.1, 0.15) is 17.0 Å². The summed E-state index contributed by atoms with van der Waals surface area (Å²) in [5.41, 5.74) is 4.83. The Kier molecular flexibility index (Phi) is 5.58. The number of rotatable bonds is 6. The van der Waals surface area contributed by atoms with E-state index < -0.39 is 5.91 Å². The molecule has 0 aliphatic rings. The normalized spacial score (nSPS) is 11.0. The zero-order chi connectivity index (χ0) is 19.2. The number of fused-ring (bicyclic) bond motifs is 1. The molecule has 27 heavy (non-hydrogen) atoms. The summed E-state index contributed by atoms with van der Waals surface area (Å²) in [4.78, 5) is 31.7. The van der Waals surface area contributed by atoms with Crippen LogP contribution in [0.5, 0.6) is 0 Å². The van der Waals surface area contributed by atoms with E-state index in [9.17, 15) is 9.59 Å². The van der Waals surface area contributed by atoms with Crippen molar-refractivity contribution >= 4 is 28.9 Å². The van der Waals surface area contributed by atoms with E-state index in [1.807, 2.05) is 35.9 Å². The van der Waals surface area contributed by atoms with E-state index in [4.69, 9.17) is 5.21 Å². The number of aromatic nitrogens is 3. The predicted molar refractivity (Wildman–Crippen MR) is 99.5 cm³/mol. The molecule has 0 fully saturated rings. The third-order valence-corrected chi connectivity index (χ3v) is 4.07. The van der Waals surface area contributed by atoms with Crippen molar-refractivity contribution in [3.8, 4) is 0 Å². The van der Waals surface area contributed by atoms with Crippen LogP contribution in [0.3, 0.4) is 0 Å². The van der Waals surface area contributed by atoms with E-state index >= 15 is 0 Å². The molecule has 3 rings (SSSR count). The van der Waals surface area contributed by atoms with E-state index in [-0.39, 0.29) is 12.3 Å². The van der Waals surface area contributed by atoms with E-state index in [0.717, 1.165) is 28.0 Å². The lowest BCUT2D eigenvalue weighted by Crippen LogP contribution is -2.26. The van der Waals surface area contributed by atoms with Crippen molar-refractivity contribution < 1.29 is 14.8 Å². The average molecular weight is 365 g/mol. The van der Waals surface area contributed by atoms with Crippen molar-refractivity contribution in [1.29, 1.82) is 0 Å². The number of nitrogens with zero attached hydrogens (tertiary/aromatic N) is 3. The van der Waals surface area contributed by atoms with Crippen molar-refractivity contribution in [1.82, 2.24) is 25.3 Å². The van der Waals surface area contributed by atoms with Crippen LogP contribution in [0.15, 0.2) is 48.8 Å². The topological polar surface area (TPSA) is 109 Å². The Balaban J connectivity index is 1.69. The second kappa shape index (κ2) is 8.24. The first-order valence-corrected chi connectivity index (χ1v) is 8.30. The molecule has 0 saturated heterocycles. The molecule has 138 valence electrons. The summed E-state index contributed by atoms with van der Waals surface area (Å²) in [6, 6.07) is 9.21. The maximum atomic E-state index is 12.1. The van der Waals surface area contributed by atoms with Gasteiger partial charge in [-0.3, -0.25) is 19.8 Å². The monoisotopic (exact) mass is 365 g/mol. The lowest BCUT2D eigenvalue weighted by atomic mass is 10.2. The molecule has 0 unspecified atom stereocenters. The fraction of sp³-hybridized carbons (Fsp3) is 0.158. The number of hydroxylamine groups is 1. The molecule has 2 heterocycles. The van der Waals surface area contributed by atoms with Crippen LogP contribution < -0.4 is 10.8 Å². The van der Waals surface area contributed by atoms with E-state index in [0.29, 0.717) is 6.54 Å². The molecule has 1 aromatic carbocycles. The lowest BCUT2D eigenvalue weighted by molar-refractivity contribution is -0.124. The highest BCUT2D eigenvalue weighted by Gasteiger charge is 2.10. The van der Waals surface area contributed by atoms with Crippen LogP contribution in [-0.4, -0.2) is 31.6 Å². The lowest BCUT2D eigenvalue weighted by Gasteiger charge is -2.05. The van der Waals surface area contributed by atoms with E-state index in [2.05, 4.69) is 15.3 Å². The largest absolute Gasteiger partial charge is 0.349 e. The third-order valence-electron chi connectivity index (χ3n) is 4.07. The molecule has 8 heteroatoms. The summed E-state index contributed by atoms with van der Waals surface area (Å²) in [5.74, 6) is 0.0144.